The van der Waals surface area contributed by atoms with Crippen LogP contribution in [0.2, 0.25) is 0 Å². The van der Waals surface area contributed by atoms with E-state index in [-0.39, 0.29) is 0 Å². The van der Waals surface area contributed by atoms with E-state index in [1.165, 1.54) is 25.0 Å². The second-order valence-corrected chi connectivity index (χ2v) is 5.54. The van der Waals surface area contributed by atoms with E-state index in [2.05, 4.69) is 50.9 Å². The van der Waals surface area contributed by atoms with Crippen molar-refractivity contribution in [2.75, 3.05) is 0 Å². The smallest absolute Gasteiger partial charge is 0.0406 e. The molecule has 0 radical (unpaired) electrons. The number of hydrogen-bond acceptors (Lipinski definition) is 1. The van der Waals surface area contributed by atoms with Crippen molar-refractivity contribution in [3.63, 3.8) is 0 Å². The van der Waals surface area contributed by atoms with Crippen molar-refractivity contribution < 1.29 is 0 Å². The molecule has 0 aromatic carbocycles. The first-order chi connectivity index (χ1) is 6.97. The van der Waals surface area contributed by atoms with Crippen LogP contribution in [-0.4, -0.2) is 4.98 Å². The van der Waals surface area contributed by atoms with E-state index in [1.807, 2.05) is 0 Å². The van der Waals surface area contributed by atoms with Crippen molar-refractivity contribution in [1.29, 1.82) is 0 Å². The molecule has 0 spiro atoms. The number of rotatable bonds is 4. The maximum atomic E-state index is 4.51. The van der Waals surface area contributed by atoms with Gasteiger partial charge in [-0.2, -0.15) is 0 Å². The third kappa shape index (κ3) is 5.56. The van der Waals surface area contributed by atoms with Gasteiger partial charge in [-0.05, 0) is 43.7 Å². The number of aromatic nitrogens is 1. The lowest BCUT2D eigenvalue weighted by Gasteiger charge is -2.17. The summed E-state index contributed by atoms with van der Waals surface area (Å²) in [5.41, 5.74) is 2.84. The Morgan fingerprint density at radius 3 is 2.47 bits per heavy atom. The molecule has 0 saturated carbocycles. The van der Waals surface area contributed by atoms with Gasteiger partial charge in [0.2, 0.25) is 0 Å². The minimum atomic E-state index is 0.472. The largest absolute Gasteiger partial charge is 0.258 e. The molecule has 0 aliphatic heterocycles. The van der Waals surface area contributed by atoms with E-state index in [4.69, 9.17) is 0 Å². The number of aryl methyl sites for hydroxylation is 2. The van der Waals surface area contributed by atoms with Gasteiger partial charge in [-0.3, -0.25) is 4.98 Å². The van der Waals surface area contributed by atoms with E-state index in [1.54, 1.807) is 0 Å². The summed E-state index contributed by atoms with van der Waals surface area (Å²) >= 11 is 0. The van der Waals surface area contributed by atoms with Crippen molar-refractivity contribution >= 4 is 0 Å². The highest BCUT2D eigenvalue weighted by Crippen LogP contribution is 2.22. The van der Waals surface area contributed by atoms with Gasteiger partial charge < -0.3 is 0 Å². The summed E-state index contributed by atoms with van der Waals surface area (Å²) in [6.45, 7) is 8.96. The second kappa shape index (κ2) is 5.29. The Morgan fingerprint density at radius 2 is 1.87 bits per heavy atom. The van der Waals surface area contributed by atoms with Crippen LogP contribution >= 0.6 is 0 Å². The van der Waals surface area contributed by atoms with Crippen LogP contribution in [-0.2, 0) is 6.42 Å². The first kappa shape index (κ1) is 12.2. The summed E-state index contributed by atoms with van der Waals surface area (Å²) < 4.78 is 0. The van der Waals surface area contributed by atoms with Gasteiger partial charge in [0.1, 0.15) is 0 Å². The van der Waals surface area contributed by atoms with Crippen LogP contribution < -0.4 is 0 Å². The molecule has 1 nitrogen and oxygen atoms in total. The molecule has 1 aromatic heterocycles. The van der Waals surface area contributed by atoms with Crippen molar-refractivity contribution in [2.24, 2.45) is 5.41 Å². The maximum Gasteiger partial charge on any atom is 0.0406 e. The Morgan fingerprint density at radius 1 is 1.13 bits per heavy atom. The van der Waals surface area contributed by atoms with Crippen molar-refractivity contribution in [3.05, 3.63) is 29.6 Å². The lowest BCUT2D eigenvalue weighted by molar-refractivity contribution is 0.360. The minimum Gasteiger partial charge on any atom is -0.258 e. The predicted octanol–water partition coefficient (Wildman–Crippen LogP) is 4.15. The summed E-state index contributed by atoms with van der Waals surface area (Å²) in [4.78, 5) is 4.51. The molecule has 0 saturated heterocycles. The zero-order valence-electron chi connectivity index (χ0n) is 10.5. The molecule has 0 N–H and O–H groups in total. The average Bonchev–Trinajstić information content (AvgIpc) is 2.11. The number of unbranched alkanes of at least 4 members (excludes halogenated alkanes) is 1. The highest BCUT2D eigenvalue weighted by Gasteiger charge is 2.08. The second-order valence-electron chi connectivity index (χ2n) is 5.54. The van der Waals surface area contributed by atoms with Gasteiger partial charge in [-0.25, -0.2) is 0 Å². The third-order valence-corrected chi connectivity index (χ3v) is 2.56. The molecule has 15 heavy (non-hydrogen) atoms. The summed E-state index contributed by atoms with van der Waals surface area (Å²) in [6.07, 6.45) is 4.99. The Balaban J connectivity index is 2.26. The van der Waals surface area contributed by atoms with Gasteiger partial charge in [0.25, 0.3) is 0 Å². The average molecular weight is 205 g/mol. The third-order valence-electron chi connectivity index (χ3n) is 2.56. The Kier molecular flexibility index (Phi) is 4.31. The minimum absolute atomic E-state index is 0.472. The van der Waals surface area contributed by atoms with Crippen molar-refractivity contribution in [2.45, 2.75) is 53.4 Å². The standard InChI is InChI=1S/C14H23N/c1-12-8-7-10-13(15-12)9-5-6-11-14(2,3)4/h7-8,10H,5-6,9,11H2,1-4H3. The summed E-state index contributed by atoms with van der Waals surface area (Å²) in [6, 6.07) is 6.28. The molecule has 0 aliphatic carbocycles. The molecule has 0 atom stereocenters. The lowest BCUT2D eigenvalue weighted by atomic mass is 9.89. The molecule has 1 heteroatoms. The van der Waals surface area contributed by atoms with Gasteiger partial charge >= 0.3 is 0 Å². The highest BCUT2D eigenvalue weighted by molar-refractivity contribution is 5.09. The van der Waals surface area contributed by atoms with Crippen LogP contribution in [0.1, 0.15) is 51.4 Å². The number of pyridine rings is 1. The van der Waals surface area contributed by atoms with Gasteiger partial charge in [0.15, 0.2) is 0 Å². The van der Waals surface area contributed by atoms with E-state index >= 15 is 0 Å². The van der Waals surface area contributed by atoms with Crippen LogP contribution in [0, 0.1) is 12.3 Å². The molecular weight excluding hydrogens is 182 g/mol. The number of hydrogen-bond donors (Lipinski definition) is 0. The lowest BCUT2D eigenvalue weighted by Crippen LogP contribution is -2.04. The predicted molar refractivity (Wildman–Crippen MR) is 66.0 cm³/mol. The summed E-state index contributed by atoms with van der Waals surface area (Å²) in [7, 11) is 0. The van der Waals surface area contributed by atoms with Crippen molar-refractivity contribution in [1.82, 2.24) is 4.98 Å². The monoisotopic (exact) mass is 205 g/mol. The molecule has 0 fully saturated rings. The zero-order chi connectivity index (χ0) is 11.3. The molecule has 1 rings (SSSR count). The van der Waals surface area contributed by atoms with Crippen LogP contribution in [0.15, 0.2) is 18.2 Å². The Labute approximate surface area is 93.9 Å². The van der Waals surface area contributed by atoms with Gasteiger partial charge in [0, 0.05) is 11.4 Å². The molecule has 0 unspecified atom stereocenters. The highest BCUT2D eigenvalue weighted by atomic mass is 14.7. The summed E-state index contributed by atoms with van der Waals surface area (Å²) in [5.74, 6) is 0. The number of nitrogens with zero attached hydrogens (tertiary/aromatic N) is 1. The fourth-order valence-electron chi connectivity index (χ4n) is 1.70. The molecule has 84 valence electrons. The topological polar surface area (TPSA) is 12.9 Å². The van der Waals surface area contributed by atoms with Gasteiger partial charge in [-0.15, -0.1) is 0 Å². The fraction of sp³-hybridized carbons (Fsp3) is 0.643. The van der Waals surface area contributed by atoms with Gasteiger partial charge in [-0.1, -0.05) is 33.3 Å². The SMILES string of the molecule is Cc1cccc(CCCCC(C)(C)C)n1. The quantitative estimate of drug-likeness (QED) is 0.673. The van der Waals surface area contributed by atoms with Crippen LogP contribution in [0.4, 0.5) is 0 Å². The molecular formula is C14H23N. The van der Waals surface area contributed by atoms with Crippen molar-refractivity contribution in [3.8, 4) is 0 Å². The summed E-state index contributed by atoms with van der Waals surface area (Å²) in [5, 5.41) is 0. The zero-order valence-corrected chi connectivity index (χ0v) is 10.5. The first-order valence-corrected chi connectivity index (χ1v) is 5.90. The van der Waals surface area contributed by atoms with Crippen LogP contribution in [0.5, 0.6) is 0 Å². The van der Waals surface area contributed by atoms with Crippen LogP contribution in [0.3, 0.4) is 0 Å². The fourth-order valence-corrected chi connectivity index (χ4v) is 1.70. The first-order valence-electron chi connectivity index (χ1n) is 5.90. The van der Waals surface area contributed by atoms with E-state index in [0.717, 1.165) is 12.1 Å². The molecule has 1 heterocycles. The van der Waals surface area contributed by atoms with E-state index in [9.17, 15) is 0 Å². The normalized spacial score (nSPS) is 11.7. The Hall–Kier alpha value is -0.850. The molecule has 0 amide bonds. The molecule has 0 aliphatic rings. The van der Waals surface area contributed by atoms with E-state index in [0.29, 0.717) is 5.41 Å². The molecule has 1 aromatic rings. The molecule has 0 bridgehead atoms. The maximum absolute atomic E-state index is 4.51. The van der Waals surface area contributed by atoms with Crippen LogP contribution in [0.25, 0.3) is 0 Å². The van der Waals surface area contributed by atoms with Gasteiger partial charge in [0.05, 0.1) is 0 Å². The van der Waals surface area contributed by atoms with E-state index < -0.39 is 0 Å². The Bertz CT molecular complexity index is 296.